The van der Waals surface area contributed by atoms with Crippen LogP contribution < -0.4 is 15.9 Å². The van der Waals surface area contributed by atoms with Crippen LogP contribution in [0.25, 0.3) is 0 Å². The number of ether oxygens (including phenoxy) is 1. The molecule has 0 aromatic heterocycles. The van der Waals surface area contributed by atoms with E-state index in [4.69, 9.17) is 28.9 Å². The summed E-state index contributed by atoms with van der Waals surface area (Å²) in [6.45, 7) is 1.98. The highest BCUT2D eigenvalue weighted by atomic mass is 35.5. The van der Waals surface area contributed by atoms with E-state index in [-0.39, 0.29) is 11.6 Å². The van der Waals surface area contributed by atoms with Crippen LogP contribution in [-0.2, 0) is 0 Å². The van der Waals surface area contributed by atoms with Gasteiger partial charge in [0.2, 0.25) is 0 Å². The van der Waals surface area contributed by atoms with E-state index in [0.29, 0.717) is 32.2 Å². The number of nitrogens with two attached hydrogens (primary N) is 1. The summed E-state index contributed by atoms with van der Waals surface area (Å²) in [7, 11) is 0. The van der Waals surface area contributed by atoms with Gasteiger partial charge in [-0.1, -0.05) is 72.2 Å². The Hall–Kier alpha value is -3.54. The van der Waals surface area contributed by atoms with E-state index in [1.807, 2.05) is 6.92 Å². The van der Waals surface area contributed by atoms with E-state index < -0.39 is 6.36 Å². The zero-order chi connectivity index (χ0) is 27.5. The third-order valence-corrected chi connectivity index (χ3v) is 5.84. The Labute approximate surface area is 231 Å². The predicted octanol–water partition coefficient (Wildman–Crippen LogP) is 7.32. The molecule has 3 N–H and O–H groups in total. The topological polar surface area (TPSA) is 96.7 Å². The van der Waals surface area contributed by atoms with Gasteiger partial charge in [-0.2, -0.15) is 5.10 Å². The van der Waals surface area contributed by atoms with Gasteiger partial charge in [-0.05, 0) is 47.7 Å². The van der Waals surface area contributed by atoms with Crippen LogP contribution in [0.5, 0.6) is 5.75 Å². The summed E-state index contributed by atoms with van der Waals surface area (Å²) in [5, 5.41) is 5.64. The van der Waals surface area contributed by atoms with E-state index in [9.17, 15) is 13.2 Å². The molecule has 13 heteroatoms. The SMILES string of the molecule is CCSC(=Nc1c(Cl)cccc1Cl)N/N=C/c1ccc(C(N)=NC=Nc2ccc(OC(F)(F)F)cc2)cc1. The maximum absolute atomic E-state index is 12.2. The van der Waals surface area contributed by atoms with Crippen LogP contribution in [0.3, 0.4) is 0 Å². The van der Waals surface area contributed by atoms with Crippen molar-refractivity contribution in [1.29, 1.82) is 0 Å². The molecule has 0 saturated carbocycles. The molecule has 0 radical (unpaired) electrons. The van der Waals surface area contributed by atoms with Gasteiger partial charge in [-0.25, -0.2) is 15.0 Å². The lowest BCUT2D eigenvalue weighted by atomic mass is 10.1. The van der Waals surface area contributed by atoms with E-state index in [2.05, 4.69) is 30.2 Å². The molecule has 0 aliphatic heterocycles. The first kappa shape index (κ1) is 29.0. The molecular weight excluding hydrogens is 560 g/mol. The second-order valence-electron chi connectivity index (χ2n) is 7.21. The first-order chi connectivity index (χ1) is 18.1. The number of nitrogens with one attached hydrogen (secondary N) is 1. The number of hydrogen-bond donors (Lipinski definition) is 2. The molecule has 3 aromatic rings. The zero-order valence-corrected chi connectivity index (χ0v) is 22.1. The Balaban J connectivity index is 1.60. The van der Waals surface area contributed by atoms with Crippen molar-refractivity contribution >= 4 is 69.9 Å². The Morgan fingerprint density at radius 2 is 1.68 bits per heavy atom. The lowest BCUT2D eigenvalue weighted by Gasteiger charge is -2.08. The fourth-order valence-electron chi connectivity index (χ4n) is 2.79. The van der Waals surface area contributed by atoms with Crippen molar-refractivity contribution in [3.05, 3.63) is 87.9 Å². The van der Waals surface area contributed by atoms with Crippen LogP contribution in [0, 0.1) is 0 Å². The lowest BCUT2D eigenvalue weighted by molar-refractivity contribution is -0.274. The smallest absolute Gasteiger partial charge is 0.406 e. The molecule has 3 rings (SSSR count). The van der Waals surface area contributed by atoms with Gasteiger partial charge in [-0.3, -0.25) is 5.43 Å². The monoisotopic (exact) mass is 580 g/mol. The predicted molar refractivity (Wildman–Crippen MR) is 151 cm³/mol. The van der Waals surface area contributed by atoms with Crippen molar-refractivity contribution < 1.29 is 17.9 Å². The van der Waals surface area contributed by atoms with Crippen molar-refractivity contribution in [2.75, 3.05) is 5.75 Å². The molecule has 0 bridgehead atoms. The summed E-state index contributed by atoms with van der Waals surface area (Å²) in [5.74, 6) is 0.631. The number of thioether (sulfide) groups is 1. The number of para-hydroxylation sites is 1. The first-order valence-electron chi connectivity index (χ1n) is 10.9. The van der Waals surface area contributed by atoms with Gasteiger partial charge < -0.3 is 10.5 Å². The second kappa shape index (κ2) is 13.8. The highest BCUT2D eigenvalue weighted by molar-refractivity contribution is 8.13. The summed E-state index contributed by atoms with van der Waals surface area (Å²) in [6, 6.07) is 17.3. The number of hydrazone groups is 1. The van der Waals surface area contributed by atoms with Crippen molar-refractivity contribution in [2.24, 2.45) is 25.8 Å². The molecule has 0 saturated heterocycles. The number of benzene rings is 3. The average Bonchev–Trinajstić information content (AvgIpc) is 2.87. The Morgan fingerprint density at radius 1 is 1.03 bits per heavy atom. The van der Waals surface area contributed by atoms with E-state index >= 15 is 0 Å². The Kier molecular flexibility index (Phi) is 10.6. The van der Waals surface area contributed by atoms with Crippen molar-refractivity contribution in [3.63, 3.8) is 0 Å². The molecular formula is C25H21Cl2F3N6OS. The molecule has 0 spiro atoms. The van der Waals surface area contributed by atoms with Crippen LogP contribution in [0.2, 0.25) is 10.0 Å². The molecule has 0 amide bonds. The Bertz CT molecular complexity index is 1320. The Morgan fingerprint density at radius 3 is 2.29 bits per heavy atom. The van der Waals surface area contributed by atoms with E-state index in [1.54, 1.807) is 48.7 Å². The quantitative estimate of drug-likeness (QED) is 0.166. The first-order valence-corrected chi connectivity index (χ1v) is 12.7. The number of nitrogens with zero attached hydrogens (tertiary/aromatic N) is 4. The van der Waals surface area contributed by atoms with Gasteiger partial charge in [-0.15, -0.1) is 13.2 Å². The van der Waals surface area contributed by atoms with Crippen molar-refractivity contribution in [2.45, 2.75) is 13.3 Å². The molecule has 0 heterocycles. The third-order valence-electron chi connectivity index (χ3n) is 4.49. The van der Waals surface area contributed by atoms with Gasteiger partial charge in [0, 0.05) is 5.56 Å². The minimum atomic E-state index is -4.75. The molecule has 0 aliphatic rings. The van der Waals surface area contributed by atoms with Crippen molar-refractivity contribution in [3.8, 4) is 5.75 Å². The average molecular weight is 581 g/mol. The standard InChI is InChI=1S/C25H21Cl2F3N6OS/c1-2-38-24(35-22-20(26)4-3-5-21(22)27)36-34-14-16-6-8-17(9-7-16)23(31)33-15-32-18-10-12-19(13-11-18)37-25(28,29)30/h3-15H,2H2,1H3,(H,35,36)(H2,31,32,33)/b34-14+. The highest BCUT2D eigenvalue weighted by Gasteiger charge is 2.30. The number of amidine groups is 2. The molecule has 0 aliphatic carbocycles. The van der Waals surface area contributed by atoms with Crippen LogP contribution in [0.1, 0.15) is 18.1 Å². The number of alkyl halides is 3. The lowest BCUT2D eigenvalue weighted by Crippen LogP contribution is -2.16. The zero-order valence-electron chi connectivity index (χ0n) is 19.8. The largest absolute Gasteiger partial charge is 0.573 e. The summed E-state index contributed by atoms with van der Waals surface area (Å²) in [6.07, 6.45) is -1.92. The maximum atomic E-state index is 12.2. The normalized spacial score (nSPS) is 12.9. The molecule has 3 aromatic carbocycles. The minimum Gasteiger partial charge on any atom is -0.406 e. The summed E-state index contributed by atoms with van der Waals surface area (Å²) in [4.78, 5) is 12.6. The molecule has 198 valence electrons. The molecule has 0 fully saturated rings. The third kappa shape index (κ3) is 9.40. The number of aliphatic imine (C=N–C) groups is 3. The summed E-state index contributed by atoms with van der Waals surface area (Å²) >= 11 is 13.8. The van der Waals surface area contributed by atoms with E-state index in [1.165, 1.54) is 30.2 Å². The van der Waals surface area contributed by atoms with Gasteiger partial charge in [0.05, 0.1) is 21.9 Å². The molecule has 38 heavy (non-hydrogen) atoms. The van der Waals surface area contributed by atoms with Gasteiger partial charge in [0.25, 0.3) is 0 Å². The highest BCUT2D eigenvalue weighted by Crippen LogP contribution is 2.33. The number of hydrogen-bond acceptors (Lipinski definition) is 5. The van der Waals surface area contributed by atoms with Gasteiger partial charge >= 0.3 is 6.36 Å². The summed E-state index contributed by atoms with van der Waals surface area (Å²) < 4.78 is 40.5. The van der Waals surface area contributed by atoms with Gasteiger partial charge in [0.1, 0.15) is 23.6 Å². The van der Waals surface area contributed by atoms with Crippen LogP contribution in [0.4, 0.5) is 24.5 Å². The van der Waals surface area contributed by atoms with Crippen LogP contribution >= 0.6 is 35.0 Å². The van der Waals surface area contributed by atoms with Crippen LogP contribution in [-0.4, -0.2) is 35.7 Å². The van der Waals surface area contributed by atoms with Crippen molar-refractivity contribution in [1.82, 2.24) is 5.43 Å². The van der Waals surface area contributed by atoms with Gasteiger partial charge in [0.15, 0.2) is 5.17 Å². The van der Waals surface area contributed by atoms with E-state index in [0.717, 1.165) is 23.4 Å². The second-order valence-corrected chi connectivity index (χ2v) is 9.28. The number of rotatable bonds is 8. The summed E-state index contributed by atoms with van der Waals surface area (Å²) in [5.41, 5.74) is 11.2. The number of halogens is 5. The molecule has 0 atom stereocenters. The fraction of sp³-hybridized carbons (Fsp3) is 0.120. The van der Waals surface area contributed by atoms with Crippen LogP contribution in [0.15, 0.2) is 86.8 Å². The fourth-order valence-corrected chi connectivity index (χ4v) is 3.82. The molecule has 7 nitrogen and oxygen atoms in total. The molecule has 0 unspecified atom stereocenters. The maximum Gasteiger partial charge on any atom is 0.573 e. The minimum absolute atomic E-state index is 0.206.